The van der Waals surface area contributed by atoms with E-state index < -0.39 is 18.5 Å². The second-order valence-electron chi connectivity index (χ2n) is 8.82. The van der Waals surface area contributed by atoms with E-state index in [1.54, 1.807) is 18.2 Å². The summed E-state index contributed by atoms with van der Waals surface area (Å²) in [5.41, 5.74) is 1.49. The van der Waals surface area contributed by atoms with E-state index in [4.69, 9.17) is 4.74 Å². The van der Waals surface area contributed by atoms with E-state index in [1.807, 2.05) is 12.2 Å². The molecule has 3 amide bonds. The van der Waals surface area contributed by atoms with E-state index in [0.717, 1.165) is 6.42 Å². The van der Waals surface area contributed by atoms with Crippen LogP contribution in [0.1, 0.15) is 34.1 Å². The van der Waals surface area contributed by atoms with Gasteiger partial charge in [-0.25, -0.2) is 4.79 Å². The quantitative estimate of drug-likeness (QED) is 0.308. The fourth-order valence-electron chi connectivity index (χ4n) is 5.13. The Kier molecular flexibility index (Phi) is 5.36. The smallest absolute Gasteiger partial charge is 0.338 e. The molecule has 2 fully saturated rings. The number of nitrogens with zero attached hydrogens (tertiary/aromatic N) is 1. The number of nitrogens with one attached hydrogen (secondary N) is 1. The summed E-state index contributed by atoms with van der Waals surface area (Å²) >= 11 is 0. The van der Waals surface area contributed by atoms with Crippen molar-refractivity contribution in [3.05, 3.63) is 71.8 Å². The second-order valence-corrected chi connectivity index (χ2v) is 8.82. The number of hydrogen-bond acceptors (Lipinski definition) is 6. The van der Waals surface area contributed by atoms with Gasteiger partial charge in [-0.05, 0) is 61.6 Å². The standard InChI is InChI=1S/C26H22N2O6/c1-14(29)16-3-2-4-19(12-16)27-21(30)13-34-26(33)15-7-9-20(10-8-15)28-24(31)22-17-5-6-18(11-17)23(22)25(28)32/h2-10,12,17-18,22-23H,11,13H2,1H3,(H,27,30)/t17-,18-,22-,23+/m0/s1. The third kappa shape index (κ3) is 3.71. The van der Waals surface area contributed by atoms with Gasteiger partial charge in [-0.15, -0.1) is 0 Å². The lowest BCUT2D eigenvalue weighted by Crippen LogP contribution is -2.32. The minimum Gasteiger partial charge on any atom is -0.452 e. The topological polar surface area (TPSA) is 110 Å². The van der Waals surface area contributed by atoms with Gasteiger partial charge < -0.3 is 10.1 Å². The van der Waals surface area contributed by atoms with Crippen molar-refractivity contribution in [2.24, 2.45) is 23.7 Å². The molecule has 0 aromatic heterocycles. The Bertz CT molecular complexity index is 1220. The molecule has 8 nitrogen and oxygen atoms in total. The molecule has 2 aliphatic carbocycles. The molecule has 2 aromatic rings. The Balaban J connectivity index is 1.19. The Hall–Kier alpha value is -4.07. The van der Waals surface area contributed by atoms with Gasteiger partial charge >= 0.3 is 5.97 Å². The van der Waals surface area contributed by atoms with E-state index >= 15 is 0 Å². The van der Waals surface area contributed by atoms with E-state index in [0.29, 0.717) is 16.9 Å². The zero-order valence-corrected chi connectivity index (χ0v) is 18.4. The molecule has 3 aliphatic rings. The first-order valence-corrected chi connectivity index (χ1v) is 11.1. The summed E-state index contributed by atoms with van der Waals surface area (Å²) in [6.07, 6.45) is 4.94. The minimum atomic E-state index is -0.711. The van der Waals surface area contributed by atoms with Gasteiger partial charge in [0.2, 0.25) is 11.8 Å². The van der Waals surface area contributed by atoms with Gasteiger partial charge in [-0.1, -0.05) is 24.3 Å². The van der Waals surface area contributed by atoms with Crippen molar-refractivity contribution in [3.8, 4) is 0 Å². The predicted molar refractivity (Wildman–Crippen MR) is 122 cm³/mol. The van der Waals surface area contributed by atoms with Crippen LogP contribution < -0.4 is 10.2 Å². The number of allylic oxidation sites excluding steroid dienone is 2. The Morgan fingerprint density at radius 2 is 1.59 bits per heavy atom. The SMILES string of the molecule is CC(=O)c1cccc(NC(=O)COC(=O)c2ccc(N3C(=O)[C@@H]4[C@H](C3=O)[C@H]3C=C[C@H]4C3)cc2)c1. The van der Waals surface area contributed by atoms with Gasteiger partial charge in [0.25, 0.3) is 5.91 Å². The van der Waals surface area contributed by atoms with E-state index in [2.05, 4.69) is 5.32 Å². The van der Waals surface area contributed by atoms with E-state index in [9.17, 15) is 24.0 Å². The molecule has 4 atom stereocenters. The molecule has 0 spiro atoms. The molecule has 0 radical (unpaired) electrons. The number of carbonyl (C=O) groups excluding carboxylic acids is 5. The summed E-state index contributed by atoms with van der Waals surface area (Å²) in [5, 5.41) is 2.58. The lowest BCUT2D eigenvalue weighted by molar-refractivity contribution is -0.123. The van der Waals surface area contributed by atoms with Crippen LogP contribution in [0.15, 0.2) is 60.7 Å². The highest BCUT2D eigenvalue weighted by Crippen LogP contribution is 2.53. The molecule has 2 aromatic carbocycles. The summed E-state index contributed by atoms with van der Waals surface area (Å²) in [6, 6.07) is 12.5. The van der Waals surface area contributed by atoms with Gasteiger partial charge in [0.05, 0.1) is 23.1 Å². The molecule has 34 heavy (non-hydrogen) atoms. The number of carbonyl (C=O) groups is 5. The molecular weight excluding hydrogens is 436 g/mol. The van der Waals surface area contributed by atoms with Gasteiger partial charge in [0, 0.05) is 11.3 Å². The number of fused-ring (bicyclic) bond motifs is 5. The molecule has 1 aliphatic heterocycles. The summed E-state index contributed by atoms with van der Waals surface area (Å²) in [7, 11) is 0. The Morgan fingerprint density at radius 3 is 2.21 bits per heavy atom. The van der Waals surface area contributed by atoms with Crippen LogP contribution in [0, 0.1) is 23.7 Å². The molecule has 8 heteroatoms. The van der Waals surface area contributed by atoms with Gasteiger partial charge in [-0.2, -0.15) is 0 Å². The van der Waals surface area contributed by atoms with Gasteiger partial charge in [0.1, 0.15) is 0 Å². The van der Waals surface area contributed by atoms with E-state index in [-0.39, 0.29) is 46.8 Å². The largest absolute Gasteiger partial charge is 0.452 e. The highest BCUT2D eigenvalue weighted by atomic mass is 16.5. The maximum Gasteiger partial charge on any atom is 0.338 e. The first-order chi connectivity index (χ1) is 16.3. The zero-order chi connectivity index (χ0) is 24.0. The number of Topliss-reactive ketones (excluding diaryl/α,β-unsaturated/α-hetero) is 1. The number of benzene rings is 2. The van der Waals surface area contributed by atoms with Crippen molar-refractivity contribution in [2.45, 2.75) is 13.3 Å². The van der Waals surface area contributed by atoms with Crippen LogP contribution in [0.2, 0.25) is 0 Å². The number of esters is 1. The molecule has 2 bridgehead atoms. The fraction of sp³-hybridized carbons (Fsp3) is 0.269. The van der Waals surface area contributed by atoms with Crippen molar-refractivity contribution in [3.63, 3.8) is 0 Å². The lowest BCUT2D eigenvalue weighted by atomic mass is 9.85. The van der Waals surface area contributed by atoms with Crippen molar-refractivity contribution in [2.75, 3.05) is 16.8 Å². The Labute approximate surface area is 195 Å². The van der Waals surface area contributed by atoms with Crippen LogP contribution >= 0.6 is 0 Å². The number of imide groups is 1. The second kappa shape index (κ2) is 8.37. The summed E-state index contributed by atoms with van der Waals surface area (Å²) < 4.78 is 5.07. The highest BCUT2D eigenvalue weighted by molar-refractivity contribution is 6.22. The van der Waals surface area contributed by atoms with Crippen LogP contribution in [-0.2, 0) is 19.1 Å². The third-order valence-electron chi connectivity index (χ3n) is 6.72. The maximum absolute atomic E-state index is 12.9. The van der Waals surface area contributed by atoms with Crippen LogP contribution in [0.3, 0.4) is 0 Å². The average molecular weight is 458 g/mol. The zero-order valence-electron chi connectivity index (χ0n) is 18.4. The number of hydrogen-bond donors (Lipinski definition) is 1. The minimum absolute atomic E-state index is 0.127. The first-order valence-electron chi connectivity index (χ1n) is 11.1. The van der Waals surface area contributed by atoms with Crippen LogP contribution in [0.5, 0.6) is 0 Å². The van der Waals surface area contributed by atoms with Crippen molar-refractivity contribution in [1.82, 2.24) is 0 Å². The normalized spacial score (nSPS) is 24.3. The van der Waals surface area contributed by atoms with Crippen molar-refractivity contribution < 1.29 is 28.7 Å². The molecule has 1 heterocycles. The number of amides is 3. The number of rotatable bonds is 6. The maximum atomic E-state index is 12.9. The summed E-state index contributed by atoms with van der Waals surface area (Å²) in [5.74, 6) is -2.09. The molecule has 1 N–H and O–H groups in total. The first kappa shape index (κ1) is 21.8. The number of ether oxygens (including phenoxy) is 1. The molecule has 5 rings (SSSR count). The summed E-state index contributed by atoms with van der Waals surface area (Å²) in [4.78, 5) is 63.0. The van der Waals surface area contributed by atoms with Gasteiger partial charge in [0.15, 0.2) is 12.4 Å². The average Bonchev–Trinajstić information content (AvgIpc) is 3.51. The highest BCUT2D eigenvalue weighted by Gasteiger charge is 2.59. The van der Waals surface area contributed by atoms with Crippen molar-refractivity contribution >= 4 is 40.8 Å². The number of ketones is 1. The molecule has 172 valence electrons. The summed E-state index contributed by atoms with van der Waals surface area (Å²) in [6.45, 7) is 0.920. The molecule has 0 unspecified atom stereocenters. The third-order valence-corrected chi connectivity index (χ3v) is 6.72. The van der Waals surface area contributed by atoms with E-state index in [1.165, 1.54) is 42.2 Å². The van der Waals surface area contributed by atoms with Gasteiger partial charge in [-0.3, -0.25) is 24.1 Å². The van der Waals surface area contributed by atoms with Crippen LogP contribution in [0.25, 0.3) is 0 Å². The predicted octanol–water partition coefficient (Wildman–Crippen LogP) is 3.00. The number of anilines is 2. The molecule has 1 saturated carbocycles. The Morgan fingerprint density at radius 1 is 0.941 bits per heavy atom. The molecular formula is C26H22N2O6. The fourth-order valence-corrected chi connectivity index (χ4v) is 5.13. The van der Waals surface area contributed by atoms with Crippen molar-refractivity contribution in [1.29, 1.82) is 0 Å². The van der Waals surface area contributed by atoms with Crippen LogP contribution in [0.4, 0.5) is 11.4 Å². The lowest BCUT2D eigenvalue weighted by Gasteiger charge is -2.17. The van der Waals surface area contributed by atoms with Crippen LogP contribution in [-0.4, -0.2) is 36.1 Å². The molecule has 1 saturated heterocycles. The monoisotopic (exact) mass is 458 g/mol.